The number of alkyl carbamates (subject to hydrolysis) is 1. The minimum atomic E-state index is -1.58. The number of amides is 3. The topological polar surface area (TPSA) is 184 Å². The molecule has 7 atom stereocenters. The van der Waals surface area contributed by atoms with E-state index in [0.717, 1.165) is 5.56 Å². The fourth-order valence-electron chi connectivity index (χ4n) is 4.35. The van der Waals surface area contributed by atoms with E-state index in [1.807, 2.05) is 6.07 Å². The number of ether oxygens (including phenoxy) is 2. The summed E-state index contributed by atoms with van der Waals surface area (Å²) in [6.07, 6.45) is -3.00. The molecular formula is C28H43N3O9. The van der Waals surface area contributed by atoms with Crippen LogP contribution in [0.5, 0.6) is 0 Å². The normalized spacial score (nSPS) is 22.1. The van der Waals surface area contributed by atoms with Crippen molar-refractivity contribution in [3.63, 3.8) is 0 Å². The molecular weight excluding hydrogens is 522 g/mol. The molecule has 224 valence electrons. The summed E-state index contributed by atoms with van der Waals surface area (Å²) < 4.78 is 10.7. The number of carbonyl (C=O) groups excluding carboxylic acids is 3. The Hall–Kier alpha value is -3.22. The molecule has 0 aromatic heterocycles. The lowest BCUT2D eigenvalue weighted by atomic mass is 9.98. The largest absolute Gasteiger partial charge is 0.480 e. The highest BCUT2D eigenvalue weighted by Gasteiger charge is 2.62. The van der Waals surface area contributed by atoms with Crippen molar-refractivity contribution in [2.45, 2.75) is 103 Å². The second-order valence-electron chi connectivity index (χ2n) is 11.4. The van der Waals surface area contributed by atoms with Gasteiger partial charge in [0.1, 0.15) is 24.2 Å². The molecule has 0 saturated heterocycles. The minimum absolute atomic E-state index is 0.0159. The summed E-state index contributed by atoms with van der Waals surface area (Å²) in [5, 5.41) is 37.8. The van der Waals surface area contributed by atoms with Gasteiger partial charge in [0.2, 0.25) is 11.8 Å². The van der Waals surface area contributed by atoms with Crippen LogP contribution in [0.25, 0.3) is 0 Å². The predicted octanol–water partition coefficient (Wildman–Crippen LogP) is 1.68. The van der Waals surface area contributed by atoms with Gasteiger partial charge < -0.3 is 40.7 Å². The van der Waals surface area contributed by atoms with Crippen molar-refractivity contribution in [2.75, 3.05) is 0 Å². The molecule has 3 amide bonds. The molecule has 1 fully saturated rings. The van der Waals surface area contributed by atoms with E-state index in [-0.39, 0.29) is 19.4 Å². The van der Waals surface area contributed by atoms with Crippen LogP contribution in [0.4, 0.5) is 4.79 Å². The molecule has 0 bridgehead atoms. The number of carboxylic acids is 1. The second-order valence-corrected chi connectivity index (χ2v) is 11.4. The summed E-state index contributed by atoms with van der Waals surface area (Å²) in [4.78, 5) is 51.0. The van der Waals surface area contributed by atoms with E-state index in [9.17, 15) is 34.5 Å². The van der Waals surface area contributed by atoms with E-state index in [4.69, 9.17) is 9.47 Å². The number of aliphatic hydroxyl groups excluding tert-OH is 2. The number of nitrogens with one attached hydrogen (secondary N) is 3. The lowest BCUT2D eigenvalue weighted by Gasteiger charge is -2.28. The molecule has 1 aliphatic rings. The highest BCUT2D eigenvalue weighted by atomic mass is 16.6. The van der Waals surface area contributed by atoms with Crippen LogP contribution in [0.15, 0.2) is 30.3 Å². The zero-order valence-electron chi connectivity index (χ0n) is 24.0. The summed E-state index contributed by atoms with van der Waals surface area (Å²) in [6, 6.07) is 6.19. The standard InChI is InChI=1S/C28H43N3O9/c1-7-16(2)21(24(35)36)29-25(37)28(14-19(28)13-20(33)40-27(4,5)6)31-23(34)22(17(3)32)30-26(38)39-15-18-11-9-8-10-12-18/h8-12,16-17,19-22,32-33H,7,13-15H2,1-6H3,(H,29,37)(H,30,38)(H,31,34)(H,35,36)/t16?,17?,19?,20?,21?,22-,28?/m0/s1. The van der Waals surface area contributed by atoms with Gasteiger partial charge in [0.15, 0.2) is 6.29 Å². The average molecular weight is 566 g/mol. The van der Waals surface area contributed by atoms with Crippen LogP contribution in [-0.4, -0.2) is 74.8 Å². The first kappa shape index (κ1) is 33.0. The van der Waals surface area contributed by atoms with Gasteiger partial charge in [0.25, 0.3) is 0 Å². The van der Waals surface area contributed by atoms with Gasteiger partial charge in [-0.25, -0.2) is 9.59 Å². The number of carbonyl (C=O) groups is 4. The first-order valence-electron chi connectivity index (χ1n) is 13.5. The van der Waals surface area contributed by atoms with Crippen LogP contribution in [0.2, 0.25) is 0 Å². The number of aliphatic carboxylic acids is 1. The molecule has 1 aliphatic carbocycles. The van der Waals surface area contributed by atoms with E-state index in [2.05, 4.69) is 16.0 Å². The maximum Gasteiger partial charge on any atom is 0.408 e. The number of hydrogen-bond donors (Lipinski definition) is 6. The lowest BCUT2D eigenvalue weighted by Crippen LogP contribution is -2.60. The number of benzene rings is 1. The molecule has 1 aromatic rings. The Morgan fingerprint density at radius 3 is 2.20 bits per heavy atom. The minimum Gasteiger partial charge on any atom is -0.480 e. The predicted molar refractivity (Wildman–Crippen MR) is 145 cm³/mol. The molecule has 0 aliphatic heterocycles. The highest BCUT2D eigenvalue weighted by Crippen LogP contribution is 2.47. The summed E-state index contributed by atoms with van der Waals surface area (Å²) in [6.45, 7) is 9.97. The quantitative estimate of drug-likeness (QED) is 0.183. The Kier molecular flexibility index (Phi) is 11.5. The molecule has 1 aromatic carbocycles. The molecule has 0 spiro atoms. The Bertz CT molecular complexity index is 1030. The lowest BCUT2D eigenvalue weighted by molar-refractivity contribution is -0.171. The van der Waals surface area contributed by atoms with Crippen LogP contribution in [0, 0.1) is 11.8 Å². The molecule has 6 N–H and O–H groups in total. The Morgan fingerprint density at radius 1 is 1.05 bits per heavy atom. The van der Waals surface area contributed by atoms with Crippen LogP contribution in [-0.2, 0) is 30.5 Å². The summed E-state index contributed by atoms with van der Waals surface area (Å²) in [5.41, 5.74) is -1.53. The third-order valence-corrected chi connectivity index (χ3v) is 6.85. The van der Waals surface area contributed by atoms with Gasteiger partial charge in [-0.2, -0.15) is 0 Å². The number of aliphatic hydroxyl groups is 2. The van der Waals surface area contributed by atoms with Gasteiger partial charge >= 0.3 is 12.1 Å². The number of hydrogen-bond acceptors (Lipinski definition) is 8. The van der Waals surface area contributed by atoms with Crippen molar-refractivity contribution >= 4 is 23.9 Å². The van der Waals surface area contributed by atoms with Crippen LogP contribution < -0.4 is 16.0 Å². The summed E-state index contributed by atoms with van der Waals surface area (Å²) >= 11 is 0. The monoisotopic (exact) mass is 565 g/mol. The van der Waals surface area contributed by atoms with Gasteiger partial charge in [0, 0.05) is 6.42 Å². The van der Waals surface area contributed by atoms with Gasteiger partial charge in [-0.05, 0) is 51.5 Å². The maximum atomic E-state index is 13.5. The third kappa shape index (κ3) is 9.46. The van der Waals surface area contributed by atoms with Gasteiger partial charge in [-0.1, -0.05) is 50.6 Å². The Morgan fingerprint density at radius 2 is 1.68 bits per heavy atom. The Labute approximate surface area is 234 Å². The second kappa shape index (κ2) is 13.9. The van der Waals surface area contributed by atoms with Gasteiger partial charge in [-0.15, -0.1) is 0 Å². The van der Waals surface area contributed by atoms with E-state index in [0.29, 0.717) is 6.42 Å². The molecule has 40 heavy (non-hydrogen) atoms. The van der Waals surface area contributed by atoms with Crippen molar-refractivity contribution < 1.29 is 44.0 Å². The van der Waals surface area contributed by atoms with E-state index in [1.165, 1.54) is 6.92 Å². The molecule has 12 heteroatoms. The van der Waals surface area contributed by atoms with E-state index >= 15 is 0 Å². The smallest absolute Gasteiger partial charge is 0.408 e. The molecule has 0 heterocycles. The van der Waals surface area contributed by atoms with Crippen LogP contribution >= 0.6 is 0 Å². The SMILES string of the molecule is CCC(C)C(NC(=O)C1(NC(=O)[C@@H](NC(=O)OCc2ccccc2)C(C)O)CC1CC(O)OC(C)(C)C)C(=O)O. The number of rotatable bonds is 14. The van der Waals surface area contributed by atoms with Crippen LogP contribution in [0.1, 0.15) is 66.4 Å². The van der Waals surface area contributed by atoms with Gasteiger partial charge in [0.05, 0.1) is 11.7 Å². The van der Waals surface area contributed by atoms with Crippen LogP contribution in [0.3, 0.4) is 0 Å². The molecule has 1 saturated carbocycles. The first-order valence-corrected chi connectivity index (χ1v) is 13.5. The average Bonchev–Trinajstić information content (AvgIpc) is 3.55. The highest BCUT2D eigenvalue weighted by molar-refractivity contribution is 5.98. The van der Waals surface area contributed by atoms with Crippen molar-refractivity contribution in [1.82, 2.24) is 16.0 Å². The molecule has 12 nitrogen and oxygen atoms in total. The zero-order valence-corrected chi connectivity index (χ0v) is 24.0. The van der Waals surface area contributed by atoms with E-state index in [1.54, 1.807) is 58.9 Å². The molecule has 2 rings (SSSR count). The third-order valence-electron chi connectivity index (χ3n) is 6.85. The molecule has 0 radical (unpaired) electrons. The van der Waals surface area contributed by atoms with Gasteiger partial charge in [-0.3, -0.25) is 9.59 Å². The summed E-state index contributed by atoms with van der Waals surface area (Å²) in [7, 11) is 0. The fourth-order valence-corrected chi connectivity index (χ4v) is 4.35. The first-order chi connectivity index (χ1) is 18.6. The Balaban J connectivity index is 2.20. The van der Waals surface area contributed by atoms with Crippen molar-refractivity contribution in [3.05, 3.63) is 35.9 Å². The summed E-state index contributed by atoms with van der Waals surface area (Å²) in [5.74, 6) is -3.82. The molecule has 6 unspecified atom stereocenters. The van der Waals surface area contributed by atoms with E-state index < -0.39 is 71.3 Å². The van der Waals surface area contributed by atoms with Crippen molar-refractivity contribution in [3.8, 4) is 0 Å². The van der Waals surface area contributed by atoms with Crippen molar-refractivity contribution in [2.24, 2.45) is 11.8 Å². The van der Waals surface area contributed by atoms with Crippen molar-refractivity contribution in [1.29, 1.82) is 0 Å². The fraction of sp³-hybridized carbons (Fsp3) is 0.643. The number of carboxylic acid groups (broad SMARTS) is 1. The maximum absolute atomic E-state index is 13.5. The zero-order chi connectivity index (χ0) is 30.3.